The van der Waals surface area contributed by atoms with E-state index < -0.39 is 11.6 Å². The van der Waals surface area contributed by atoms with Gasteiger partial charge in [0, 0.05) is 6.20 Å². The number of carbonyl (C=O) groups excluding carboxylic acids is 1. The van der Waals surface area contributed by atoms with Crippen LogP contribution in [0.2, 0.25) is 0 Å². The third-order valence-corrected chi connectivity index (χ3v) is 3.37. The van der Waals surface area contributed by atoms with Crippen molar-refractivity contribution in [1.29, 1.82) is 0 Å². The molecule has 2 amide bonds. The highest BCUT2D eigenvalue weighted by Crippen LogP contribution is 2.40. The van der Waals surface area contributed by atoms with Gasteiger partial charge in [0.1, 0.15) is 5.54 Å². The number of amides is 2. The minimum absolute atomic E-state index is 0.154. The van der Waals surface area contributed by atoms with E-state index in [2.05, 4.69) is 15.6 Å². The Kier molecular flexibility index (Phi) is 3.92. The average Bonchev–Trinajstić information content (AvgIpc) is 3.19. The van der Waals surface area contributed by atoms with Crippen LogP contribution in [0, 0.1) is 5.92 Å². The summed E-state index contributed by atoms with van der Waals surface area (Å²) in [6, 6.07) is 5.43. The summed E-state index contributed by atoms with van der Waals surface area (Å²) >= 11 is 0. The Balaban J connectivity index is 2.09. The molecular formula is C14H19N3O3. The maximum absolute atomic E-state index is 12.3. The zero-order valence-corrected chi connectivity index (χ0v) is 11.6. The Morgan fingerprint density at radius 2 is 2.10 bits per heavy atom. The lowest BCUT2D eigenvalue weighted by atomic mass is 10.0. The molecular weight excluding hydrogens is 258 g/mol. The molecule has 1 heterocycles. The van der Waals surface area contributed by atoms with Gasteiger partial charge in [-0.3, -0.25) is 9.78 Å². The molecule has 6 nitrogen and oxygen atoms in total. The molecule has 3 N–H and O–H groups in total. The zero-order valence-electron chi connectivity index (χ0n) is 11.6. The molecule has 0 aliphatic heterocycles. The Labute approximate surface area is 117 Å². The topological polar surface area (TPSA) is 91.3 Å². The lowest BCUT2D eigenvalue weighted by molar-refractivity contribution is -0.127. The van der Waals surface area contributed by atoms with Gasteiger partial charge in [-0.2, -0.15) is 0 Å². The molecule has 1 aliphatic rings. The second-order valence-corrected chi connectivity index (χ2v) is 5.60. The highest BCUT2D eigenvalue weighted by Gasteiger charge is 2.38. The van der Waals surface area contributed by atoms with Crippen LogP contribution in [-0.2, 0) is 4.79 Å². The molecule has 0 saturated heterocycles. The van der Waals surface area contributed by atoms with Crippen LogP contribution in [0.1, 0.15) is 38.4 Å². The predicted molar refractivity (Wildman–Crippen MR) is 73.1 cm³/mol. The van der Waals surface area contributed by atoms with Crippen LogP contribution in [0.15, 0.2) is 24.4 Å². The Bertz CT molecular complexity index is 498. The number of nitrogens with one attached hydrogen (secondary N) is 2. The lowest BCUT2D eigenvalue weighted by Crippen LogP contribution is -2.55. The van der Waals surface area contributed by atoms with E-state index in [4.69, 9.17) is 5.11 Å². The monoisotopic (exact) mass is 277 g/mol. The van der Waals surface area contributed by atoms with Gasteiger partial charge < -0.3 is 15.7 Å². The quantitative estimate of drug-likeness (QED) is 0.764. The Morgan fingerprint density at radius 1 is 1.40 bits per heavy atom. The van der Waals surface area contributed by atoms with E-state index in [9.17, 15) is 9.59 Å². The SMILES string of the molecule is CC(C)(NC(=O)O)C(=O)NC(c1ccccn1)C1CC1. The summed E-state index contributed by atoms with van der Waals surface area (Å²) in [5, 5.41) is 13.9. The molecule has 2 rings (SSSR count). The van der Waals surface area contributed by atoms with Crippen molar-refractivity contribution in [2.75, 3.05) is 0 Å². The zero-order chi connectivity index (χ0) is 14.8. The molecule has 1 atom stereocenters. The average molecular weight is 277 g/mol. The summed E-state index contributed by atoms with van der Waals surface area (Å²) in [5.41, 5.74) is -0.359. The van der Waals surface area contributed by atoms with E-state index in [1.54, 1.807) is 20.0 Å². The van der Waals surface area contributed by atoms with Crippen molar-refractivity contribution in [3.63, 3.8) is 0 Å². The van der Waals surface area contributed by atoms with Crippen LogP contribution in [0.25, 0.3) is 0 Å². The third kappa shape index (κ3) is 3.46. The van der Waals surface area contributed by atoms with Gasteiger partial charge in [-0.25, -0.2) is 4.79 Å². The number of nitrogens with zero attached hydrogens (tertiary/aromatic N) is 1. The first-order valence-corrected chi connectivity index (χ1v) is 6.63. The minimum atomic E-state index is -1.22. The van der Waals surface area contributed by atoms with Crippen LogP contribution in [0.5, 0.6) is 0 Å². The molecule has 1 aromatic rings. The maximum Gasteiger partial charge on any atom is 0.405 e. The van der Waals surface area contributed by atoms with E-state index in [0.29, 0.717) is 5.92 Å². The fraction of sp³-hybridized carbons (Fsp3) is 0.500. The van der Waals surface area contributed by atoms with Crippen LogP contribution in [0.4, 0.5) is 4.79 Å². The second-order valence-electron chi connectivity index (χ2n) is 5.60. The molecule has 0 aromatic carbocycles. The number of hydrogen-bond acceptors (Lipinski definition) is 3. The molecule has 1 unspecified atom stereocenters. The largest absolute Gasteiger partial charge is 0.465 e. The van der Waals surface area contributed by atoms with Gasteiger partial charge in [-0.1, -0.05) is 6.07 Å². The Hall–Kier alpha value is -2.11. The van der Waals surface area contributed by atoms with Crippen LogP contribution in [-0.4, -0.2) is 27.6 Å². The number of aromatic nitrogens is 1. The fourth-order valence-corrected chi connectivity index (χ4v) is 2.07. The van der Waals surface area contributed by atoms with Gasteiger partial charge in [0.2, 0.25) is 5.91 Å². The summed E-state index contributed by atoms with van der Waals surface area (Å²) in [4.78, 5) is 27.3. The molecule has 6 heteroatoms. The first-order valence-electron chi connectivity index (χ1n) is 6.63. The van der Waals surface area contributed by atoms with Gasteiger partial charge in [-0.15, -0.1) is 0 Å². The predicted octanol–water partition coefficient (Wildman–Crippen LogP) is 1.70. The van der Waals surface area contributed by atoms with E-state index >= 15 is 0 Å². The summed E-state index contributed by atoms with van der Waals surface area (Å²) in [6.45, 7) is 3.08. The van der Waals surface area contributed by atoms with Gasteiger partial charge in [0.15, 0.2) is 0 Å². The highest BCUT2D eigenvalue weighted by molar-refractivity contribution is 5.89. The second kappa shape index (κ2) is 5.48. The van der Waals surface area contributed by atoms with E-state index in [1.165, 1.54) is 0 Å². The minimum Gasteiger partial charge on any atom is -0.465 e. The summed E-state index contributed by atoms with van der Waals surface area (Å²) in [7, 11) is 0. The van der Waals surface area contributed by atoms with Gasteiger partial charge in [0.25, 0.3) is 0 Å². The summed E-state index contributed by atoms with van der Waals surface area (Å²) < 4.78 is 0. The van der Waals surface area contributed by atoms with Crippen molar-refractivity contribution in [2.24, 2.45) is 5.92 Å². The van der Waals surface area contributed by atoms with Crippen molar-refractivity contribution >= 4 is 12.0 Å². The molecule has 0 spiro atoms. The number of carbonyl (C=O) groups is 2. The molecule has 1 fully saturated rings. The summed E-state index contributed by atoms with van der Waals surface area (Å²) in [5.74, 6) is 0.0388. The van der Waals surface area contributed by atoms with Crippen molar-refractivity contribution in [3.05, 3.63) is 30.1 Å². The number of carboxylic acid groups (broad SMARTS) is 1. The normalized spacial score (nSPS) is 16.3. The van der Waals surface area contributed by atoms with Gasteiger partial charge in [-0.05, 0) is 44.7 Å². The van der Waals surface area contributed by atoms with Crippen molar-refractivity contribution < 1.29 is 14.7 Å². The first-order chi connectivity index (χ1) is 9.40. The standard InChI is InChI=1S/C14H19N3O3/c1-14(2,17-13(19)20)12(18)16-11(9-6-7-9)10-5-3-4-8-15-10/h3-5,8-9,11,17H,6-7H2,1-2H3,(H,16,18)(H,19,20). The van der Waals surface area contributed by atoms with Crippen LogP contribution < -0.4 is 10.6 Å². The number of pyridine rings is 1. The lowest BCUT2D eigenvalue weighted by Gasteiger charge is -2.27. The van der Waals surface area contributed by atoms with Gasteiger partial charge in [0.05, 0.1) is 11.7 Å². The molecule has 108 valence electrons. The van der Waals surface area contributed by atoms with Crippen molar-refractivity contribution in [1.82, 2.24) is 15.6 Å². The highest BCUT2D eigenvalue weighted by atomic mass is 16.4. The molecule has 0 radical (unpaired) electrons. The van der Waals surface area contributed by atoms with E-state index in [0.717, 1.165) is 18.5 Å². The summed E-state index contributed by atoms with van der Waals surface area (Å²) in [6.07, 6.45) is 2.58. The molecule has 20 heavy (non-hydrogen) atoms. The maximum atomic E-state index is 12.3. The molecule has 1 saturated carbocycles. The number of hydrogen-bond donors (Lipinski definition) is 3. The smallest absolute Gasteiger partial charge is 0.405 e. The molecule has 0 bridgehead atoms. The number of rotatable bonds is 5. The first kappa shape index (κ1) is 14.3. The Morgan fingerprint density at radius 3 is 2.60 bits per heavy atom. The molecule has 1 aromatic heterocycles. The van der Waals surface area contributed by atoms with Gasteiger partial charge >= 0.3 is 6.09 Å². The van der Waals surface area contributed by atoms with Crippen LogP contribution >= 0.6 is 0 Å². The third-order valence-electron chi connectivity index (χ3n) is 3.37. The van der Waals surface area contributed by atoms with Crippen LogP contribution in [0.3, 0.4) is 0 Å². The van der Waals surface area contributed by atoms with E-state index in [-0.39, 0.29) is 11.9 Å². The van der Waals surface area contributed by atoms with E-state index in [1.807, 2.05) is 18.2 Å². The van der Waals surface area contributed by atoms with Crippen molar-refractivity contribution in [3.8, 4) is 0 Å². The fourth-order valence-electron chi connectivity index (χ4n) is 2.07. The molecule has 1 aliphatic carbocycles. The van der Waals surface area contributed by atoms with Crippen molar-refractivity contribution in [2.45, 2.75) is 38.3 Å².